The second-order valence-corrected chi connectivity index (χ2v) is 7.48. The Kier molecular flexibility index (Phi) is 11.9. The Hall–Kier alpha value is -3.02. The van der Waals surface area contributed by atoms with Gasteiger partial charge in [0, 0.05) is 6.42 Å². The minimum atomic E-state index is -1.20. The second kappa shape index (κ2) is 14.1. The lowest BCUT2D eigenvalue weighted by Gasteiger charge is -2.22. The molecule has 178 valence electrons. The number of rotatable bonds is 14. The zero-order valence-electron chi connectivity index (χ0n) is 18.1. The molecule has 0 aliphatic carbocycles. The Labute approximate surface area is 186 Å². The van der Waals surface area contributed by atoms with Gasteiger partial charge in [-0.05, 0) is 38.3 Å². The minimum Gasteiger partial charge on any atom is -0.480 e. The van der Waals surface area contributed by atoms with Gasteiger partial charge in [0.2, 0.25) is 17.7 Å². The molecule has 0 unspecified atom stereocenters. The highest BCUT2D eigenvalue weighted by Gasteiger charge is 2.27. The van der Waals surface area contributed by atoms with Crippen LogP contribution in [-0.4, -0.2) is 71.2 Å². The van der Waals surface area contributed by atoms with E-state index in [0.29, 0.717) is 19.4 Å². The van der Waals surface area contributed by atoms with Crippen molar-refractivity contribution >= 4 is 23.7 Å². The quantitative estimate of drug-likeness (QED) is 0.161. The SMILES string of the molecule is C[C@@H](O)[C@H](N)C(=O)NCC(=O)N[C@@H](Cc1ccccc1)C(=O)N[C@@H](CCCCN)C(=O)O. The van der Waals surface area contributed by atoms with Gasteiger partial charge in [-0.25, -0.2) is 4.79 Å². The van der Waals surface area contributed by atoms with E-state index >= 15 is 0 Å². The summed E-state index contributed by atoms with van der Waals surface area (Å²) in [7, 11) is 0. The summed E-state index contributed by atoms with van der Waals surface area (Å²) in [4.78, 5) is 48.5. The van der Waals surface area contributed by atoms with E-state index in [1.54, 1.807) is 30.3 Å². The molecule has 0 saturated carbocycles. The Balaban J connectivity index is 2.83. The predicted molar refractivity (Wildman–Crippen MR) is 117 cm³/mol. The minimum absolute atomic E-state index is 0.120. The van der Waals surface area contributed by atoms with Crippen molar-refractivity contribution in [2.75, 3.05) is 13.1 Å². The topological polar surface area (TPSA) is 197 Å². The third-order valence-electron chi connectivity index (χ3n) is 4.74. The van der Waals surface area contributed by atoms with Crippen molar-refractivity contribution in [1.29, 1.82) is 0 Å². The van der Waals surface area contributed by atoms with E-state index < -0.39 is 54.5 Å². The molecule has 0 aliphatic heterocycles. The van der Waals surface area contributed by atoms with Gasteiger partial charge in [-0.3, -0.25) is 14.4 Å². The molecule has 9 N–H and O–H groups in total. The van der Waals surface area contributed by atoms with E-state index in [1.165, 1.54) is 6.92 Å². The molecular weight excluding hydrogens is 418 g/mol. The Bertz CT molecular complexity index is 758. The molecule has 0 aromatic heterocycles. The normalized spacial score (nSPS) is 14.5. The van der Waals surface area contributed by atoms with Crippen LogP contribution in [0.2, 0.25) is 0 Å². The van der Waals surface area contributed by atoms with Crippen LogP contribution in [0, 0.1) is 0 Å². The van der Waals surface area contributed by atoms with Crippen LogP contribution in [0.5, 0.6) is 0 Å². The van der Waals surface area contributed by atoms with Gasteiger partial charge in [-0.1, -0.05) is 30.3 Å². The number of carboxylic acid groups (broad SMARTS) is 1. The number of hydrogen-bond donors (Lipinski definition) is 7. The number of nitrogens with one attached hydrogen (secondary N) is 3. The number of aliphatic hydroxyl groups excluding tert-OH is 1. The molecule has 11 heteroatoms. The highest BCUT2D eigenvalue weighted by molar-refractivity contribution is 5.92. The zero-order valence-corrected chi connectivity index (χ0v) is 18.1. The number of nitrogens with two attached hydrogens (primary N) is 2. The van der Waals surface area contributed by atoms with Gasteiger partial charge in [0.15, 0.2) is 0 Å². The van der Waals surface area contributed by atoms with Crippen molar-refractivity contribution in [3.63, 3.8) is 0 Å². The van der Waals surface area contributed by atoms with Crippen LogP contribution in [-0.2, 0) is 25.6 Å². The summed E-state index contributed by atoms with van der Waals surface area (Å²) in [6.45, 7) is 1.30. The number of carbonyl (C=O) groups is 4. The van der Waals surface area contributed by atoms with E-state index in [4.69, 9.17) is 11.5 Å². The van der Waals surface area contributed by atoms with Crippen molar-refractivity contribution in [1.82, 2.24) is 16.0 Å². The van der Waals surface area contributed by atoms with Gasteiger partial charge in [-0.2, -0.15) is 0 Å². The summed E-state index contributed by atoms with van der Waals surface area (Å²) in [5.74, 6) is -3.22. The molecule has 3 amide bonds. The standard InChI is InChI=1S/C21H33N5O6/c1-13(27)18(23)20(30)24-12-17(28)25-16(11-14-7-3-2-4-8-14)19(29)26-15(21(31)32)9-5-6-10-22/h2-4,7-8,13,15-16,18,27H,5-6,9-12,22-23H2,1H3,(H,24,30)(H,25,28)(H,26,29)(H,31,32)/t13-,15+,16+,18+/m1/s1. The van der Waals surface area contributed by atoms with Gasteiger partial charge in [-0.15, -0.1) is 0 Å². The van der Waals surface area contributed by atoms with Crippen molar-refractivity contribution in [2.45, 2.75) is 56.8 Å². The summed E-state index contributed by atoms with van der Waals surface area (Å²) in [5, 5.41) is 26.0. The highest BCUT2D eigenvalue weighted by atomic mass is 16.4. The molecule has 0 aliphatic rings. The number of aliphatic carboxylic acids is 1. The largest absolute Gasteiger partial charge is 0.480 e. The maximum Gasteiger partial charge on any atom is 0.326 e. The number of unbranched alkanes of at least 4 members (excludes halogenated alkanes) is 1. The fourth-order valence-electron chi connectivity index (χ4n) is 2.83. The highest BCUT2D eigenvalue weighted by Crippen LogP contribution is 2.06. The monoisotopic (exact) mass is 451 g/mol. The van der Waals surface area contributed by atoms with Gasteiger partial charge in [0.05, 0.1) is 12.6 Å². The van der Waals surface area contributed by atoms with Crippen molar-refractivity contribution in [2.24, 2.45) is 11.5 Å². The smallest absolute Gasteiger partial charge is 0.326 e. The van der Waals surface area contributed by atoms with Gasteiger partial charge < -0.3 is 37.6 Å². The molecule has 0 fully saturated rings. The molecular formula is C21H33N5O6. The number of amides is 3. The first-order valence-corrected chi connectivity index (χ1v) is 10.4. The maximum atomic E-state index is 12.8. The molecule has 32 heavy (non-hydrogen) atoms. The van der Waals surface area contributed by atoms with Crippen LogP contribution < -0.4 is 27.4 Å². The number of aliphatic hydroxyl groups is 1. The third-order valence-corrected chi connectivity index (χ3v) is 4.74. The van der Waals surface area contributed by atoms with Crippen LogP contribution in [0.3, 0.4) is 0 Å². The Morgan fingerprint density at radius 2 is 1.66 bits per heavy atom. The summed E-state index contributed by atoms with van der Waals surface area (Å²) < 4.78 is 0. The number of benzene rings is 1. The fraction of sp³-hybridized carbons (Fsp3) is 0.524. The van der Waals surface area contributed by atoms with E-state index in [0.717, 1.165) is 5.56 Å². The second-order valence-electron chi connectivity index (χ2n) is 7.48. The predicted octanol–water partition coefficient (Wildman–Crippen LogP) is -1.76. The number of hydrogen-bond acceptors (Lipinski definition) is 7. The van der Waals surface area contributed by atoms with Crippen LogP contribution >= 0.6 is 0 Å². The summed E-state index contributed by atoms with van der Waals surface area (Å²) in [6, 6.07) is 5.51. The van der Waals surface area contributed by atoms with Crippen molar-refractivity contribution < 1.29 is 29.4 Å². The first-order chi connectivity index (χ1) is 15.1. The lowest BCUT2D eigenvalue weighted by molar-refractivity contribution is -0.142. The Morgan fingerprint density at radius 1 is 1.00 bits per heavy atom. The van der Waals surface area contributed by atoms with Crippen molar-refractivity contribution in [3.8, 4) is 0 Å². The van der Waals surface area contributed by atoms with Crippen LogP contribution in [0.25, 0.3) is 0 Å². The van der Waals surface area contributed by atoms with E-state index in [-0.39, 0.29) is 12.8 Å². The average molecular weight is 452 g/mol. The molecule has 0 spiro atoms. The zero-order chi connectivity index (χ0) is 24.1. The summed E-state index contributed by atoms with van der Waals surface area (Å²) in [5.41, 5.74) is 11.7. The molecule has 0 heterocycles. The Morgan fingerprint density at radius 3 is 2.22 bits per heavy atom. The van der Waals surface area contributed by atoms with Crippen LogP contribution in [0.1, 0.15) is 31.7 Å². The molecule has 4 atom stereocenters. The van der Waals surface area contributed by atoms with E-state index in [9.17, 15) is 29.4 Å². The number of carbonyl (C=O) groups excluding carboxylic acids is 3. The molecule has 0 saturated heterocycles. The van der Waals surface area contributed by atoms with Crippen molar-refractivity contribution in [3.05, 3.63) is 35.9 Å². The fourth-order valence-corrected chi connectivity index (χ4v) is 2.83. The van der Waals surface area contributed by atoms with Crippen LogP contribution in [0.4, 0.5) is 0 Å². The lowest BCUT2D eigenvalue weighted by atomic mass is 10.0. The third kappa shape index (κ3) is 9.86. The first kappa shape index (κ1) is 27.0. The molecule has 0 bridgehead atoms. The molecule has 0 radical (unpaired) electrons. The van der Waals surface area contributed by atoms with E-state index in [1.807, 2.05) is 0 Å². The van der Waals surface area contributed by atoms with Gasteiger partial charge >= 0.3 is 5.97 Å². The van der Waals surface area contributed by atoms with Gasteiger partial charge in [0.25, 0.3) is 0 Å². The molecule has 11 nitrogen and oxygen atoms in total. The summed E-state index contributed by atoms with van der Waals surface area (Å²) >= 11 is 0. The molecule has 1 aromatic carbocycles. The first-order valence-electron chi connectivity index (χ1n) is 10.4. The maximum absolute atomic E-state index is 12.8. The van der Waals surface area contributed by atoms with E-state index in [2.05, 4.69) is 16.0 Å². The average Bonchev–Trinajstić information content (AvgIpc) is 2.76. The molecule has 1 aromatic rings. The summed E-state index contributed by atoms with van der Waals surface area (Å²) in [6.07, 6.45) is 0.380. The van der Waals surface area contributed by atoms with Gasteiger partial charge in [0.1, 0.15) is 18.1 Å². The lowest BCUT2D eigenvalue weighted by Crippen LogP contribution is -2.55. The van der Waals surface area contributed by atoms with Crippen LogP contribution in [0.15, 0.2) is 30.3 Å². The molecule has 1 rings (SSSR count). The number of carboxylic acids is 1.